The third-order valence-corrected chi connectivity index (χ3v) is 3.64. The summed E-state index contributed by atoms with van der Waals surface area (Å²) < 4.78 is 18.9. The van der Waals surface area contributed by atoms with Gasteiger partial charge in [0.2, 0.25) is 5.89 Å². The minimum absolute atomic E-state index is 0.0280. The molecule has 1 unspecified atom stereocenters. The Hall–Kier alpha value is -1.91. The van der Waals surface area contributed by atoms with Crippen LogP contribution in [0.3, 0.4) is 0 Å². The summed E-state index contributed by atoms with van der Waals surface area (Å²) >= 11 is 5.73. The number of halogens is 2. The highest BCUT2D eigenvalue weighted by Crippen LogP contribution is 2.26. The van der Waals surface area contributed by atoms with Gasteiger partial charge < -0.3 is 10.2 Å². The molecule has 0 saturated carbocycles. The average Bonchev–Trinajstić information content (AvgIpc) is 2.89. The second-order valence-corrected chi connectivity index (χ2v) is 5.32. The third kappa shape index (κ3) is 3.06. The molecule has 0 fully saturated rings. The van der Waals surface area contributed by atoms with Crippen LogP contribution in [0.2, 0.25) is 5.02 Å². The second-order valence-electron chi connectivity index (χ2n) is 4.92. The molecule has 0 aliphatic heterocycles. The highest BCUT2D eigenvalue weighted by atomic mass is 35.5. The van der Waals surface area contributed by atoms with E-state index in [-0.39, 0.29) is 11.1 Å². The molecular weight excluding hydrogens is 291 g/mol. The third-order valence-electron chi connectivity index (χ3n) is 3.35. The number of nitrogens with zero attached hydrogens (tertiary/aromatic N) is 1. The normalized spacial score (nSPS) is 12.7. The summed E-state index contributed by atoms with van der Waals surface area (Å²) in [6.45, 7) is 0. The number of hydrogen-bond acceptors (Lipinski definition) is 3. The van der Waals surface area contributed by atoms with Gasteiger partial charge in [0.1, 0.15) is 11.3 Å². The molecule has 1 atom stereocenters. The molecule has 2 aromatic carbocycles. The van der Waals surface area contributed by atoms with Crippen molar-refractivity contribution in [3.63, 3.8) is 0 Å². The van der Waals surface area contributed by atoms with Crippen LogP contribution >= 0.6 is 11.6 Å². The number of rotatable bonds is 4. The molecule has 0 bridgehead atoms. The van der Waals surface area contributed by atoms with Gasteiger partial charge in [-0.15, -0.1) is 0 Å². The maximum absolute atomic E-state index is 13.4. The zero-order valence-electron chi connectivity index (χ0n) is 11.2. The highest BCUT2D eigenvalue weighted by molar-refractivity contribution is 6.31. The molecule has 3 nitrogen and oxygen atoms in total. The first kappa shape index (κ1) is 14.0. The molecular formula is C16H14ClFN2O. The standard InChI is InChI=1S/C16H14ClFN2O/c17-11-8-14-15(9-12(11)18)21-16(20-14)13(19)7-6-10-4-2-1-3-5-10/h1-5,8-9,13H,6-7,19H2. The van der Waals surface area contributed by atoms with Crippen LogP contribution in [0.1, 0.15) is 23.9 Å². The number of oxazole rings is 1. The van der Waals surface area contributed by atoms with Crippen LogP contribution in [0, 0.1) is 5.82 Å². The summed E-state index contributed by atoms with van der Waals surface area (Å²) in [4.78, 5) is 4.28. The molecule has 0 amide bonds. The fraction of sp³-hybridized carbons (Fsp3) is 0.188. The van der Waals surface area contributed by atoms with E-state index >= 15 is 0 Å². The summed E-state index contributed by atoms with van der Waals surface area (Å²) in [5.74, 6) is -0.118. The molecule has 0 aliphatic carbocycles. The fourth-order valence-corrected chi connectivity index (χ4v) is 2.35. The molecule has 108 valence electrons. The minimum atomic E-state index is -0.523. The van der Waals surface area contributed by atoms with Crippen molar-refractivity contribution in [2.75, 3.05) is 0 Å². The van der Waals surface area contributed by atoms with Gasteiger partial charge >= 0.3 is 0 Å². The SMILES string of the molecule is NC(CCc1ccccc1)c1nc2cc(Cl)c(F)cc2o1. The van der Waals surface area contributed by atoms with E-state index in [0.29, 0.717) is 23.4 Å². The monoisotopic (exact) mass is 304 g/mol. The first-order valence-corrected chi connectivity index (χ1v) is 7.06. The molecule has 0 radical (unpaired) electrons. The Morgan fingerprint density at radius 1 is 1.24 bits per heavy atom. The lowest BCUT2D eigenvalue weighted by Gasteiger charge is -2.06. The van der Waals surface area contributed by atoms with Gasteiger partial charge in [0, 0.05) is 6.07 Å². The lowest BCUT2D eigenvalue weighted by molar-refractivity contribution is 0.458. The maximum Gasteiger partial charge on any atom is 0.212 e. The summed E-state index contributed by atoms with van der Waals surface area (Å²) in [5.41, 5.74) is 8.19. The number of aromatic nitrogens is 1. The Bertz CT molecular complexity index is 719. The van der Waals surface area contributed by atoms with Gasteiger partial charge in [0.15, 0.2) is 5.58 Å². The van der Waals surface area contributed by atoms with Crippen molar-refractivity contribution in [2.24, 2.45) is 5.73 Å². The van der Waals surface area contributed by atoms with E-state index in [9.17, 15) is 4.39 Å². The fourth-order valence-electron chi connectivity index (χ4n) is 2.19. The summed E-state index contributed by atoms with van der Waals surface area (Å²) in [6, 6.07) is 12.4. The zero-order valence-corrected chi connectivity index (χ0v) is 12.0. The largest absolute Gasteiger partial charge is 0.439 e. The van der Waals surface area contributed by atoms with Crippen molar-refractivity contribution in [2.45, 2.75) is 18.9 Å². The van der Waals surface area contributed by atoms with Gasteiger partial charge in [-0.2, -0.15) is 0 Å². The summed E-state index contributed by atoms with van der Waals surface area (Å²) in [5, 5.41) is 0.0280. The number of benzene rings is 2. The van der Waals surface area contributed by atoms with Gasteiger partial charge in [-0.1, -0.05) is 41.9 Å². The summed E-state index contributed by atoms with van der Waals surface area (Å²) in [7, 11) is 0. The van der Waals surface area contributed by atoms with Crippen molar-refractivity contribution in [3.05, 3.63) is 64.8 Å². The molecule has 3 aromatic rings. The van der Waals surface area contributed by atoms with E-state index in [0.717, 1.165) is 6.42 Å². The van der Waals surface area contributed by atoms with E-state index in [1.54, 1.807) is 0 Å². The van der Waals surface area contributed by atoms with Crippen LogP contribution < -0.4 is 5.73 Å². The van der Waals surface area contributed by atoms with Gasteiger partial charge in [-0.05, 0) is 24.5 Å². The first-order chi connectivity index (χ1) is 10.1. The molecule has 2 N–H and O–H groups in total. The molecule has 0 spiro atoms. The van der Waals surface area contributed by atoms with Gasteiger partial charge in [-0.3, -0.25) is 0 Å². The predicted molar refractivity (Wildman–Crippen MR) is 80.7 cm³/mol. The van der Waals surface area contributed by atoms with E-state index in [1.165, 1.54) is 17.7 Å². The topological polar surface area (TPSA) is 52.0 Å². The Kier molecular flexibility index (Phi) is 3.90. The number of aryl methyl sites for hydroxylation is 1. The lowest BCUT2D eigenvalue weighted by atomic mass is 10.1. The lowest BCUT2D eigenvalue weighted by Crippen LogP contribution is -2.11. The quantitative estimate of drug-likeness (QED) is 0.784. The van der Waals surface area contributed by atoms with Crippen molar-refractivity contribution in [1.29, 1.82) is 0 Å². The van der Waals surface area contributed by atoms with Crippen molar-refractivity contribution >= 4 is 22.7 Å². The van der Waals surface area contributed by atoms with Crippen LogP contribution in [-0.2, 0) is 6.42 Å². The highest BCUT2D eigenvalue weighted by Gasteiger charge is 2.15. The van der Waals surface area contributed by atoms with Crippen LogP contribution in [0.4, 0.5) is 4.39 Å². The Morgan fingerprint density at radius 3 is 2.76 bits per heavy atom. The minimum Gasteiger partial charge on any atom is -0.439 e. The Morgan fingerprint density at radius 2 is 2.00 bits per heavy atom. The molecule has 1 heterocycles. The van der Waals surface area contributed by atoms with Crippen LogP contribution in [0.25, 0.3) is 11.1 Å². The maximum atomic E-state index is 13.4. The average molecular weight is 305 g/mol. The van der Waals surface area contributed by atoms with Crippen LogP contribution in [0.15, 0.2) is 46.9 Å². The smallest absolute Gasteiger partial charge is 0.212 e. The molecule has 3 rings (SSSR count). The number of hydrogen-bond donors (Lipinski definition) is 1. The Balaban J connectivity index is 1.77. The van der Waals surface area contributed by atoms with Crippen molar-refractivity contribution < 1.29 is 8.81 Å². The summed E-state index contributed by atoms with van der Waals surface area (Å²) in [6.07, 6.45) is 1.53. The zero-order chi connectivity index (χ0) is 14.8. The Labute approximate surface area is 126 Å². The predicted octanol–water partition coefficient (Wildman–Crippen LogP) is 4.25. The number of fused-ring (bicyclic) bond motifs is 1. The van der Waals surface area contributed by atoms with Crippen molar-refractivity contribution in [1.82, 2.24) is 4.98 Å². The van der Waals surface area contributed by atoms with Gasteiger partial charge in [0.05, 0.1) is 11.1 Å². The van der Waals surface area contributed by atoms with E-state index in [1.807, 2.05) is 30.3 Å². The number of nitrogens with two attached hydrogens (primary N) is 1. The first-order valence-electron chi connectivity index (χ1n) is 6.68. The molecule has 21 heavy (non-hydrogen) atoms. The van der Waals surface area contributed by atoms with E-state index in [2.05, 4.69) is 4.98 Å². The molecule has 0 aliphatic rings. The molecule has 0 saturated heterocycles. The van der Waals surface area contributed by atoms with Gasteiger partial charge in [-0.25, -0.2) is 9.37 Å². The molecule has 1 aromatic heterocycles. The van der Waals surface area contributed by atoms with E-state index in [4.69, 9.17) is 21.8 Å². The van der Waals surface area contributed by atoms with E-state index < -0.39 is 5.82 Å². The molecule has 5 heteroatoms. The van der Waals surface area contributed by atoms with Crippen LogP contribution in [0.5, 0.6) is 0 Å². The van der Waals surface area contributed by atoms with Gasteiger partial charge in [0.25, 0.3) is 0 Å². The van der Waals surface area contributed by atoms with Crippen LogP contribution in [-0.4, -0.2) is 4.98 Å². The second kappa shape index (κ2) is 5.84. The van der Waals surface area contributed by atoms with Crippen molar-refractivity contribution in [3.8, 4) is 0 Å².